The van der Waals surface area contributed by atoms with E-state index in [-0.39, 0.29) is 11.8 Å². The second-order valence-electron chi connectivity index (χ2n) is 5.93. The van der Waals surface area contributed by atoms with Gasteiger partial charge in [-0.3, -0.25) is 9.69 Å². The van der Waals surface area contributed by atoms with Crippen LogP contribution < -0.4 is 5.32 Å². The molecule has 20 heavy (non-hydrogen) atoms. The molecule has 1 unspecified atom stereocenters. The molecule has 3 heteroatoms. The molecule has 110 valence electrons. The molecule has 1 fully saturated rings. The van der Waals surface area contributed by atoms with E-state index in [2.05, 4.69) is 36.2 Å². The van der Waals surface area contributed by atoms with Crippen molar-refractivity contribution in [3.8, 4) is 0 Å². The van der Waals surface area contributed by atoms with E-state index in [1.807, 2.05) is 13.8 Å². The quantitative estimate of drug-likeness (QED) is 0.860. The van der Waals surface area contributed by atoms with E-state index in [4.69, 9.17) is 0 Å². The third-order valence-corrected chi connectivity index (χ3v) is 4.41. The first-order valence-electron chi connectivity index (χ1n) is 7.57. The Kier molecular flexibility index (Phi) is 4.95. The molecule has 0 amide bonds. The van der Waals surface area contributed by atoms with Crippen LogP contribution >= 0.6 is 0 Å². The fourth-order valence-corrected chi connectivity index (χ4v) is 2.87. The van der Waals surface area contributed by atoms with E-state index in [1.165, 1.54) is 11.1 Å². The van der Waals surface area contributed by atoms with Gasteiger partial charge in [0.1, 0.15) is 0 Å². The minimum Gasteiger partial charge on any atom is -0.315 e. The van der Waals surface area contributed by atoms with Crippen LogP contribution in [0.25, 0.3) is 0 Å². The predicted molar refractivity (Wildman–Crippen MR) is 83.5 cm³/mol. The van der Waals surface area contributed by atoms with Crippen LogP contribution in [0.1, 0.15) is 40.4 Å². The summed E-state index contributed by atoms with van der Waals surface area (Å²) in [6.07, 6.45) is 1.11. The molecule has 1 aliphatic heterocycles. The zero-order chi connectivity index (χ0) is 14.7. The predicted octanol–water partition coefficient (Wildman–Crippen LogP) is 2.48. The number of rotatable bonds is 3. The van der Waals surface area contributed by atoms with E-state index in [1.54, 1.807) is 0 Å². The average Bonchev–Trinajstić information content (AvgIpc) is 2.70. The Labute approximate surface area is 122 Å². The van der Waals surface area contributed by atoms with Crippen molar-refractivity contribution in [2.24, 2.45) is 0 Å². The smallest absolute Gasteiger partial charge is 0.179 e. The van der Waals surface area contributed by atoms with Crippen molar-refractivity contribution in [1.29, 1.82) is 0 Å². The summed E-state index contributed by atoms with van der Waals surface area (Å²) >= 11 is 0. The molecule has 0 bridgehead atoms. The van der Waals surface area contributed by atoms with Crippen molar-refractivity contribution < 1.29 is 4.79 Å². The summed E-state index contributed by atoms with van der Waals surface area (Å²) in [6.45, 7) is 12.2. The van der Waals surface area contributed by atoms with Gasteiger partial charge in [-0.25, -0.2) is 0 Å². The maximum Gasteiger partial charge on any atom is 0.179 e. The number of nitrogens with zero attached hydrogens (tertiary/aromatic N) is 1. The number of nitrogens with one attached hydrogen (secondary N) is 1. The summed E-state index contributed by atoms with van der Waals surface area (Å²) in [6, 6.07) is 4.15. The molecule has 0 aliphatic carbocycles. The van der Waals surface area contributed by atoms with Crippen molar-refractivity contribution >= 4 is 5.78 Å². The van der Waals surface area contributed by atoms with E-state index < -0.39 is 0 Å². The van der Waals surface area contributed by atoms with Crippen molar-refractivity contribution in [3.05, 3.63) is 34.4 Å². The monoisotopic (exact) mass is 274 g/mol. The molecule has 0 saturated carbocycles. The minimum absolute atomic E-state index is 0.0318. The molecule has 2 rings (SSSR count). The number of Topliss-reactive ketones (excluding diaryl/α,β-unsaturated/α-hetero) is 1. The molecule has 0 radical (unpaired) electrons. The number of ketones is 1. The lowest BCUT2D eigenvalue weighted by atomic mass is 9.95. The van der Waals surface area contributed by atoms with Gasteiger partial charge in [0.05, 0.1) is 6.04 Å². The lowest BCUT2D eigenvalue weighted by molar-refractivity contribution is 0.0846. The van der Waals surface area contributed by atoms with Crippen LogP contribution in [0, 0.1) is 20.8 Å². The average molecular weight is 274 g/mol. The first kappa shape index (κ1) is 15.2. The third kappa shape index (κ3) is 3.28. The lowest BCUT2D eigenvalue weighted by Gasteiger charge is -2.26. The van der Waals surface area contributed by atoms with Gasteiger partial charge in [-0.15, -0.1) is 0 Å². The van der Waals surface area contributed by atoms with Crippen LogP contribution in [0.15, 0.2) is 12.1 Å². The van der Waals surface area contributed by atoms with Gasteiger partial charge in [-0.2, -0.15) is 0 Å². The number of hydrogen-bond acceptors (Lipinski definition) is 3. The molecular formula is C17H26N2O. The molecule has 0 aromatic heterocycles. The van der Waals surface area contributed by atoms with Crippen LogP contribution in [0.2, 0.25) is 0 Å². The second-order valence-corrected chi connectivity index (χ2v) is 5.93. The maximum absolute atomic E-state index is 12.8. The Morgan fingerprint density at radius 1 is 1.10 bits per heavy atom. The molecule has 1 aliphatic rings. The summed E-state index contributed by atoms with van der Waals surface area (Å²) in [5.74, 6) is 0.257. The highest BCUT2D eigenvalue weighted by atomic mass is 16.1. The fraction of sp³-hybridized carbons (Fsp3) is 0.588. The van der Waals surface area contributed by atoms with Gasteiger partial charge in [0.2, 0.25) is 0 Å². The number of benzene rings is 1. The first-order valence-corrected chi connectivity index (χ1v) is 7.57. The van der Waals surface area contributed by atoms with Gasteiger partial charge >= 0.3 is 0 Å². The zero-order valence-corrected chi connectivity index (χ0v) is 13.1. The number of carbonyl (C=O) groups excluding carboxylic acids is 1. The summed E-state index contributed by atoms with van der Waals surface area (Å²) in [7, 11) is 0. The number of hydrogen-bond donors (Lipinski definition) is 1. The largest absolute Gasteiger partial charge is 0.315 e. The van der Waals surface area contributed by atoms with Gasteiger partial charge in [-0.1, -0.05) is 6.07 Å². The van der Waals surface area contributed by atoms with E-state index in [0.717, 1.165) is 43.7 Å². The first-order chi connectivity index (χ1) is 9.50. The normalized spacial score (nSPS) is 18.6. The van der Waals surface area contributed by atoms with Crippen LogP contribution in [0.4, 0.5) is 0 Å². The Balaban J connectivity index is 2.19. The summed E-state index contributed by atoms with van der Waals surface area (Å²) in [5, 5.41) is 3.39. The van der Waals surface area contributed by atoms with Gasteiger partial charge in [0.25, 0.3) is 0 Å². The number of carbonyl (C=O) groups is 1. The highest BCUT2D eigenvalue weighted by Gasteiger charge is 2.24. The Morgan fingerprint density at radius 2 is 1.80 bits per heavy atom. The SMILES string of the molecule is Cc1cc(C)c(C(=O)C(C)N2CCCNCC2)cc1C. The maximum atomic E-state index is 12.8. The standard InChI is InChI=1S/C17H26N2O/c1-12-10-14(3)16(11-13(12)2)17(20)15(4)19-8-5-6-18-7-9-19/h10-11,15,18H,5-9H2,1-4H3. The summed E-state index contributed by atoms with van der Waals surface area (Å²) in [4.78, 5) is 15.1. The summed E-state index contributed by atoms with van der Waals surface area (Å²) in [5.41, 5.74) is 4.44. The number of aryl methyl sites for hydroxylation is 3. The highest BCUT2D eigenvalue weighted by Crippen LogP contribution is 2.19. The molecule has 1 aromatic carbocycles. The van der Waals surface area contributed by atoms with Gasteiger partial charge in [0.15, 0.2) is 5.78 Å². The molecule has 1 atom stereocenters. The van der Waals surface area contributed by atoms with Crippen molar-refractivity contribution in [2.45, 2.75) is 40.2 Å². The van der Waals surface area contributed by atoms with E-state index in [9.17, 15) is 4.79 Å². The molecular weight excluding hydrogens is 248 g/mol. The Bertz CT molecular complexity index is 488. The van der Waals surface area contributed by atoms with Crippen LogP contribution in [0.3, 0.4) is 0 Å². The zero-order valence-electron chi connectivity index (χ0n) is 13.1. The Morgan fingerprint density at radius 3 is 2.55 bits per heavy atom. The van der Waals surface area contributed by atoms with E-state index in [0.29, 0.717) is 0 Å². The van der Waals surface area contributed by atoms with Crippen molar-refractivity contribution in [2.75, 3.05) is 26.2 Å². The van der Waals surface area contributed by atoms with E-state index >= 15 is 0 Å². The Hall–Kier alpha value is -1.19. The highest BCUT2D eigenvalue weighted by molar-refractivity contribution is 6.01. The lowest BCUT2D eigenvalue weighted by Crippen LogP contribution is -2.41. The molecule has 1 N–H and O–H groups in total. The molecule has 1 aromatic rings. The van der Waals surface area contributed by atoms with Gasteiger partial charge in [-0.05, 0) is 63.4 Å². The molecule has 3 nitrogen and oxygen atoms in total. The third-order valence-electron chi connectivity index (χ3n) is 4.41. The van der Waals surface area contributed by atoms with Gasteiger partial charge in [0, 0.05) is 25.2 Å². The second kappa shape index (κ2) is 6.51. The van der Waals surface area contributed by atoms with Crippen molar-refractivity contribution in [1.82, 2.24) is 10.2 Å². The molecule has 0 spiro atoms. The minimum atomic E-state index is -0.0318. The summed E-state index contributed by atoms with van der Waals surface area (Å²) < 4.78 is 0. The topological polar surface area (TPSA) is 32.3 Å². The van der Waals surface area contributed by atoms with Crippen LogP contribution in [0.5, 0.6) is 0 Å². The van der Waals surface area contributed by atoms with Crippen molar-refractivity contribution in [3.63, 3.8) is 0 Å². The fourth-order valence-electron chi connectivity index (χ4n) is 2.87. The van der Waals surface area contributed by atoms with Gasteiger partial charge < -0.3 is 5.32 Å². The molecule has 1 saturated heterocycles. The van der Waals surface area contributed by atoms with Crippen LogP contribution in [-0.2, 0) is 0 Å². The molecule has 1 heterocycles. The van der Waals surface area contributed by atoms with Crippen LogP contribution in [-0.4, -0.2) is 42.9 Å².